The summed E-state index contributed by atoms with van der Waals surface area (Å²) in [6.45, 7) is -0.144. The van der Waals surface area contributed by atoms with Crippen molar-refractivity contribution in [1.82, 2.24) is 0 Å². The van der Waals surface area contributed by atoms with Crippen molar-refractivity contribution in [3.8, 4) is 11.5 Å². The Labute approximate surface area is 137 Å². The van der Waals surface area contributed by atoms with Crippen molar-refractivity contribution < 1.29 is 19.1 Å². The number of hydrogen-bond donors (Lipinski definition) is 2. The van der Waals surface area contributed by atoms with Crippen molar-refractivity contribution in [3.63, 3.8) is 0 Å². The van der Waals surface area contributed by atoms with Crippen LogP contribution in [0.1, 0.15) is 0 Å². The molecule has 2 N–H and O–H groups in total. The molecule has 1 aliphatic heterocycles. The molecule has 1 aliphatic rings. The van der Waals surface area contributed by atoms with Gasteiger partial charge >= 0.3 is 0 Å². The fraction of sp³-hybridized carbons (Fsp3) is 0.125. The van der Waals surface area contributed by atoms with E-state index in [-0.39, 0.29) is 25.0 Å². The van der Waals surface area contributed by atoms with E-state index in [9.17, 15) is 9.59 Å². The largest absolute Gasteiger partial charge is 0.484 e. The molecule has 0 fully saturated rings. The van der Waals surface area contributed by atoms with E-state index >= 15 is 0 Å². The van der Waals surface area contributed by atoms with Crippen LogP contribution in [0.25, 0.3) is 0 Å². The summed E-state index contributed by atoms with van der Waals surface area (Å²) in [4.78, 5) is 23.2. The molecule has 0 unspecified atom stereocenters. The SMILES string of the molecule is O=C(COc1ccc(Cl)cc1)Nc1ccc2c(c1)NC(=O)CO2. The van der Waals surface area contributed by atoms with Gasteiger partial charge < -0.3 is 20.1 Å². The van der Waals surface area contributed by atoms with Crippen LogP contribution in [0.5, 0.6) is 11.5 Å². The number of hydrogen-bond acceptors (Lipinski definition) is 4. The van der Waals surface area contributed by atoms with E-state index in [0.29, 0.717) is 27.9 Å². The average Bonchev–Trinajstić information content (AvgIpc) is 2.54. The highest BCUT2D eigenvalue weighted by atomic mass is 35.5. The number of carbonyl (C=O) groups is 2. The fourth-order valence-corrected chi connectivity index (χ4v) is 2.16. The predicted octanol–water partition coefficient (Wildman–Crippen LogP) is 2.69. The van der Waals surface area contributed by atoms with Crippen LogP contribution in [0.4, 0.5) is 11.4 Å². The summed E-state index contributed by atoms with van der Waals surface area (Å²) >= 11 is 5.78. The molecule has 0 atom stereocenters. The van der Waals surface area contributed by atoms with Gasteiger partial charge in [-0.05, 0) is 42.5 Å². The Bertz CT molecular complexity index is 746. The minimum absolute atomic E-state index is 0.00631. The molecule has 3 rings (SSSR count). The number of amides is 2. The third kappa shape index (κ3) is 3.92. The van der Waals surface area contributed by atoms with E-state index in [0.717, 1.165) is 0 Å². The second-order valence-electron chi connectivity index (χ2n) is 4.84. The van der Waals surface area contributed by atoms with Crippen LogP contribution in [0.3, 0.4) is 0 Å². The number of nitrogens with one attached hydrogen (secondary N) is 2. The topological polar surface area (TPSA) is 76.7 Å². The van der Waals surface area contributed by atoms with Crippen LogP contribution in [0.2, 0.25) is 5.02 Å². The zero-order valence-electron chi connectivity index (χ0n) is 12.0. The first-order valence-electron chi connectivity index (χ1n) is 6.85. The molecule has 0 saturated carbocycles. The van der Waals surface area contributed by atoms with Crippen molar-refractivity contribution in [2.75, 3.05) is 23.8 Å². The number of halogens is 1. The van der Waals surface area contributed by atoms with Crippen LogP contribution >= 0.6 is 11.6 Å². The Morgan fingerprint density at radius 2 is 2.04 bits per heavy atom. The molecule has 118 valence electrons. The van der Waals surface area contributed by atoms with Gasteiger partial charge in [-0.1, -0.05) is 11.6 Å². The van der Waals surface area contributed by atoms with Gasteiger partial charge in [0.05, 0.1) is 5.69 Å². The first-order chi connectivity index (χ1) is 11.1. The smallest absolute Gasteiger partial charge is 0.262 e. The molecule has 7 heteroatoms. The summed E-state index contributed by atoms with van der Waals surface area (Å²) in [7, 11) is 0. The van der Waals surface area contributed by atoms with Gasteiger partial charge in [0.15, 0.2) is 13.2 Å². The molecule has 6 nitrogen and oxygen atoms in total. The zero-order valence-corrected chi connectivity index (χ0v) is 12.7. The molecular formula is C16H13ClN2O4. The van der Waals surface area contributed by atoms with Crippen LogP contribution in [-0.4, -0.2) is 25.0 Å². The minimum atomic E-state index is -0.317. The quantitative estimate of drug-likeness (QED) is 0.902. The van der Waals surface area contributed by atoms with Gasteiger partial charge in [0.25, 0.3) is 11.8 Å². The lowest BCUT2D eigenvalue weighted by atomic mass is 10.2. The normalized spacial score (nSPS) is 12.7. The second kappa shape index (κ2) is 6.58. The van der Waals surface area contributed by atoms with Crippen LogP contribution in [0, 0.1) is 0 Å². The lowest BCUT2D eigenvalue weighted by molar-refractivity contribution is -0.119. The van der Waals surface area contributed by atoms with Crippen molar-refractivity contribution in [2.24, 2.45) is 0 Å². The average molecular weight is 333 g/mol. The molecule has 2 amide bonds. The monoisotopic (exact) mass is 332 g/mol. The highest BCUT2D eigenvalue weighted by Crippen LogP contribution is 2.30. The third-order valence-corrected chi connectivity index (χ3v) is 3.33. The van der Waals surface area contributed by atoms with E-state index in [1.807, 2.05) is 0 Å². The molecular weight excluding hydrogens is 320 g/mol. The van der Waals surface area contributed by atoms with Crippen molar-refractivity contribution in [1.29, 1.82) is 0 Å². The highest BCUT2D eigenvalue weighted by molar-refractivity contribution is 6.30. The van der Waals surface area contributed by atoms with Crippen molar-refractivity contribution in [3.05, 3.63) is 47.5 Å². The van der Waals surface area contributed by atoms with E-state index < -0.39 is 0 Å². The maximum Gasteiger partial charge on any atom is 0.262 e. The van der Waals surface area contributed by atoms with Crippen molar-refractivity contribution >= 4 is 34.8 Å². The molecule has 0 saturated heterocycles. The summed E-state index contributed by atoms with van der Waals surface area (Å²) in [6, 6.07) is 11.7. The van der Waals surface area contributed by atoms with Gasteiger partial charge in [0, 0.05) is 10.7 Å². The number of rotatable bonds is 4. The molecule has 1 heterocycles. The lowest BCUT2D eigenvalue weighted by Gasteiger charge is -2.18. The van der Waals surface area contributed by atoms with Crippen LogP contribution in [-0.2, 0) is 9.59 Å². The number of fused-ring (bicyclic) bond motifs is 1. The third-order valence-electron chi connectivity index (χ3n) is 3.08. The predicted molar refractivity (Wildman–Crippen MR) is 86.1 cm³/mol. The highest BCUT2D eigenvalue weighted by Gasteiger charge is 2.16. The van der Waals surface area contributed by atoms with E-state index in [2.05, 4.69) is 10.6 Å². The molecule has 0 aliphatic carbocycles. The van der Waals surface area contributed by atoms with E-state index in [1.165, 1.54) is 0 Å². The summed E-state index contributed by atoms with van der Waals surface area (Å²) < 4.78 is 10.6. The van der Waals surface area contributed by atoms with Gasteiger partial charge in [-0.15, -0.1) is 0 Å². The maximum absolute atomic E-state index is 11.9. The number of carbonyl (C=O) groups excluding carboxylic acids is 2. The van der Waals surface area contributed by atoms with Gasteiger partial charge in [-0.25, -0.2) is 0 Å². The Morgan fingerprint density at radius 1 is 1.26 bits per heavy atom. The van der Waals surface area contributed by atoms with Crippen LogP contribution < -0.4 is 20.1 Å². The summed E-state index contributed by atoms with van der Waals surface area (Å²) in [5.74, 6) is 0.575. The zero-order chi connectivity index (χ0) is 16.2. The molecule has 2 aromatic carbocycles. The first-order valence-corrected chi connectivity index (χ1v) is 7.23. The Morgan fingerprint density at radius 3 is 2.83 bits per heavy atom. The number of anilines is 2. The molecule has 0 aromatic heterocycles. The Kier molecular flexibility index (Phi) is 4.34. The Hall–Kier alpha value is -2.73. The standard InChI is InChI=1S/C16H13ClN2O4/c17-10-1-4-12(5-2-10)22-8-15(20)18-11-3-6-14-13(7-11)19-16(21)9-23-14/h1-7H,8-9H2,(H,18,20)(H,19,21). The first kappa shape index (κ1) is 15.2. The van der Waals surface area contributed by atoms with Crippen molar-refractivity contribution in [2.45, 2.75) is 0 Å². The molecule has 23 heavy (non-hydrogen) atoms. The molecule has 0 bridgehead atoms. The maximum atomic E-state index is 11.9. The van der Waals surface area contributed by atoms with Gasteiger partial charge in [0.2, 0.25) is 0 Å². The van der Waals surface area contributed by atoms with Crippen LogP contribution in [0.15, 0.2) is 42.5 Å². The van der Waals surface area contributed by atoms with E-state index in [4.69, 9.17) is 21.1 Å². The number of ether oxygens (including phenoxy) is 2. The molecule has 2 aromatic rings. The number of benzene rings is 2. The molecule has 0 spiro atoms. The molecule has 0 radical (unpaired) electrons. The summed E-state index contributed by atoms with van der Waals surface area (Å²) in [5.41, 5.74) is 1.07. The van der Waals surface area contributed by atoms with Gasteiger partial charge in [-0.2, -0.15) is 0 Å². The fourth-order valence-electron chi connectivity index (χ4n) is 2.04. The summed E-state index contributed by atoms with van der Waals surface area (Å²) in [6.07, 6.45) is 0. The summed E-state index contributed by atoms with van der Waals surface area (Å²) in [5, 5.41) is 5.97. The van der Waals surface area contributed by atoms with Gasteiger partial charge in [0.1, 0.15) is 11.5 Å². The second-order valence-corrected chi connectivity index (χ2v) is 5.27. The lowest BCUT2D eigenvalue weighted by Crippen LogP contribution is -2.25. The van der Waals surface area contributed by atoms with E-state index in [1.54, 1.807) is 42.5 Å². The van der Waals surface area contributed by atoms with Gasteiger partial charge in [-0.3, -0.25) is 9.59 Å². The minimum Gasteiger partial charge on any atom is -0.484 e. The Balaban J connectivity index is 1.58.